The lowest BCUT2D eigenvalue weighted by Crippen LogP contribution is -2.29. The van der Waals surface area contributed by atoms with Crippen molar-refractivity contribution < 1.29 is 23.1 Å². The van der Waals surface area contributed by atoms with E-state index in [0.717, 1.165) is 0 Å². The molecule has 0 aromatic heterocycles. The summed E-state index contributed by atoms with van der Waals surface area (Å²) in [6, 6.07) is 5.50. The van der Waals surface area contributed by atoms with Crippen LogP contribution in [-0.4, -0.2) is 50.4 Å². The van der Waals surface area contributed by atoms with Gasteiger partial charge in [-0.3, -0.25) is 9.59 Å². The molecular formula is C13H18N2O5S. The zero-order valence-electron chi connectivity index (χ0n) is 11.9. The van der Waals surface area contributed by atoms with Crippen molar-refractivity contribution in [2.24, 2.45) is 0 Å². The molecule has 0 aliphatic carbocycles. The van der Waals surface area contributed by atoms with E-state index in [-0.39, 0.29) is 30.3 Å². The van der Waals surface area contributed by atoms with Crippen LogP contribution in [-0.2, 0) is 14.8 Å². The SMILES string of the molecule is CCNS(=O)(=O)c1ccc(C(=O)N(C)CCC(=O)O)cc1. The van der Waals surface area contributed by atoms with Crippen molar-refractivity contribution in [3.8, 4) is 0 Å². The van der Waals surface area contributed by atoms with E-state index >= 15 is 0 Å². The largest absolute Gasteiger partial charge is 0.481 e. The van der Waals surface area contributed by atoms with Crippen LogP contribution in [0.5, 0.6) is 0 Å². The molecule has 1 amide bonds. The molecule has 0 radical (unpaired) electrons. The standard InChI is InChI=1S/C13H18N2O5S/c1-3-14-21(19,20)11-6-4-10(5-7-11)13(18)15(2)9-8-12(16)17/h4-7,14H,3,8-9H2,1-2H3,(H,16,17). The molecule has 0 saturated carbocycles. The summed E-state index contributed by atoms with van der Waals surface area (Å²) in [5.74, 6) is -1.34. The third-order valence-electron chi connectivity index (χ3n) is 2.75. The number of hydrogen-bond acceptors (Lipinski definition) is 4. The van der Waals surface area contributed by atoms with Gasteiger partial charge in [-0.1, -0.05) is 6.92 Å². The Bertz CT molecular complexity index is 610. The number of nitrogens with zero attached hydrogens (tertiary/aromatic N) is 1. The average molecular weight is 314 g/mol. The topological polar surface area (TPSA) is 104 Å². The first-order valence-corrected chi connectivity index (χ1v) is 7.83. The number of carboxylic acids is 1. The van der Waals surface area contributed by atoms with Crippen molar-refractivity contribution in [2.75, 3.05) is 20.1 Å². The summed E-state index contributed by atoms with van der Waals surface area (Å²) in [6.45, 7) is 2.04. The van der Waals surface area contributed by atoms with E-state index in [1.54, 1.807) is 6.92 Å². The van der Waals surface area contributed by atoms with Gasteiger partial charge in [0.1, 0.15) is 0 Å². The molecule has 21 heavy (non-hydrogen) atoms. The second kappa shape index (κ2) is 7.19. The fourth-order valence-electron chi connectivity index (χ4n) is 1.64. The molecule has 0 bridgehead atoms. The first-order chi connectivity index (χ1) is 9.77. The van der Waals surface area contributed by atoms with Gasteiger partial charge in [-0.2, -0.15) is 0 Å². The molecule has 1 aromatic rings. The molecule has 0 saturated heterocycles. The summed E-state index contributed by atoms with van der Waals surface area (Å²) < 4.78 is 25.9. The van der Waals surface area contributed by atoms with Crippen molar-refractivity contribution >= 4 is 21.9 Å². The lowest BCUT2D eigenvalue weighted by atomic mass is 10.2. The molecule has 116 valence electrons. The minimum atomic E-state index is -3.55. The highest BCUT2D eigenvalue weighted by atomic mass is 32.2. The summed E-state index contributed by atoms with van der Waals surface area (Å²) in [4.78, 5) is 23.8. The van der Waals surface area contributed by atoms with E-state index in [2.05, 4.69) is 4.72 Å². The van der Waals surface area contributed by atoms with Gasteiger partial charge in [0.05, 0.1) is 11.3 Å². The average Bonchev–Trinajstić information content (AvgIpc) is 2.44. The Hall–Kier alpha value is -1.93. The molecule has 0 spiro atoms. The highest BCUT2D eigenvalue weighted by Gasteiger charge is 2.16. The normalized spacial score (nSPS) is 11.1. The molecule has 0 atom stereocenters. The predicted molar refractivity (Wildman–Crippen MR) is 76.5 cm³/mol. The number of carbonyl (C=O) groups excluding carboxylic acids is 1. The third kappa shape index (κ3) is 4.83. The molecule has 1 rings (SSSR count). The predicted octanol–water partition coefficient (Wildman–Crippen LogP) is 0.531. The van der Waals surface area contributed by atoms with Gasteiger partial charge in [0.2, 0.25) is 10.0 Å². The molecule has 0 heterocycles. The summed E-state index contributed by atoms with van der Waals surface area (Å²) in [5, 5.41) is 8.58. The zero-order valence-corrected chi connectivity index (χ0v) is 12.7. The minimum Gasteiger partial charge on any atom is -0.481 e. The van der Waals surface area contributed by atoms with Gasteiger partial charge >= 0.3 is 5.97 Å². The van der Waals surface area contributed by atoms with Gasteiger partial charge in [0.25, 0.3) is 5.91 Å². The second-order valence-electron chi connectivity index (χ2n) is 4.40. The second-order valence-corrected chi connectivity index (χ2v) is 6.16. The Balaban J connectivity index is 2.82. The molecule has 2 N–H and O–H groups in total. The maximum Gasteiger partial charge on any atom is 0.305 e. The first kappa shape index (κ1) is 17.1. The van der Waals surface area contributed by atoms with Crippen LogP contribution in [0.25, 0.3) is 0 Å². The monoisotopic (exact) mass is 314 g/mol. The molecule has 8 heteroatoms. The zero-order chi connectivity index (χ0) is 16.0. The van der Waals surface area contributed by atoms with Crippen molar-refractivity contribution in [1.82, 2.24) is 9.62 Å². The number of benzene rings is 1. The minimum absolute atomic E-state index is 0.0779. The van der Waals surface area contributed by atoms with Crippen LogP contribution < -0.4 is 4.72 Å². The van der Waals surface area contributed by atoms with Crippen LogP contribution in [0.1, 0.15) is 23.7 Å². The maximum absolute atomic E-state index is 12.0. The van der Waals surface area contributed by atoms with Gasteiger partial charge in [-0.25, -0.2) is 13.1 Å². The molecule has 0 aliphatic heterocycles. The van der Waals surface area contributed by atoms with Crippen LogP contribution in [0.3, 0.4) is 0 Å². The Morgan fingerprint density at radius 1 is 1.24 bits per heavy atom. The van der Waals surface area contributed by atoms with E-state index in [1.807, 2.05) is 0 Å². The summed E-state index contributed by atoms with van der Waals surface area (Å²) >= 11 is 0. The number of aliphatic carboxylic acids is 1. The fraction of sp³-hybridized carbons (Fsp3) is 0.385. The smallest absolute Gasteiger partial charge is 0.305 e. The van der Waals surface area contributed by atoms with Crippen LogP contribution in [0.4, 0.5) is 0 Å². The van der Waals surface area contributed by atoms with E-state index in [1.165, 1.54) is 36.2 Å². The van der Waals surface area contributed by atoms with Crippen molar-refractivity contribution in [2.45, 2.75) is 18.2 Å². The maximum atomic E-state index is 12.0. The van der Waals surface area contributed by atoms with E-state index in [9.17, 15) is 18.0 Å². The van der Waals surface area contributed by atoms with Gasteiger partial charge in [-0.05, 0) is 24.3 Å². The number of nitrogens with one attached hydrogen (secondary N) is 1. The van der Waals surface area contributed by atoms with Gasteiger partial charge in [-0.15, -0.1) is 0 Å². The van der Waals surface area contributed by atoms with Crippen LogP contribution in [0.15, 0.2) is 29.2 Å². The van der Waals surface area contributed by atoms with Crippen molar-refractivity contribution in [1.29, 1.82) is 0 Å². The molecule has 7 nitrogen and oxygen atoms in total. The number of sulfonamides is 1. The lowest BCUT2D eigenvalue weighted by Gasteiger charge is -2.16. The Kier molecular flexibility index (Phi) is 5.86. The number of amides is 1. The molecule has 1 aromatic carbocycles. The summed E-state index contributed by atoms with van der Waals surface area (Å²) in [6.07, 6.45) is -0.144. The number of carbonyl (C=O) groups is 2. The fourth-order valence-corrected chi connectivity index (χ4v) is 2.68. The number of carboxylic acid groups (broad SMARTS) is 1. The van der Waals surface area contributed by atoms with E-state index < -0.39 is 16.0 Å². The Morgan fingerprint density at radius 2 is 1.81 bits per heavy atom. The first-order valence-electron chi connectivity index (χ1n) is 6.35. The quantitative estimate of drug-likeness (QED) is 0.764. The molecule has 0 unspecified atom stereocenters. The molecule has 0 aliphatic rings. The summed E-state index contributed by atoms with van der Waals surface area (Å²) in [7, 11) is -2.05. The number of rotatable bonds is 7. The Labute approximate surface area is 123 Å². The van der Waals surface area contributed by atoms with Gasteiger partial charge in [0, 0.05) is 25.7 Å². The molecule has 0 fully saturated rings. The number of hydrogen-bond donors (Lipinski definition) is 2. The molecular weight excluding hydrogens is 296 g/mol. The van der Waals surface area contributed by atoms with Gasteiger partial charge in [0.15, 0.2) is 0 Å². The van der Waals surface area contributed by atoms with Crippen molar-refractivity contribution in [3.05, 3.63) is 29.8 Å². The van der Waals surface area contributed by atoms with Crippen LogP contribution in [0, 0.1) is 0 Å². The Morgan fingerprint density at radius 3 is 2.29 bits per heavy atom. The highest BCUT2D eigenvalue weighted by Crippen LogP contribution is 2.12. The van der Waals surface area contributed by atoms with Crippen LogP contribution >= 0.6 is 0 Å². The van der Waals surface area contributed by atoms with E-state index in [4.69, 9.17) is 5.11 Å². The third-order valence-corrected chi connectivity index (χ3v) is 4.32. The van der Waals surface area contributed by atoms with Crippen molar-refractivity contribution in [3.63, 3.8) is 0 Å². The van der Waals surface area contributed by atoms with Gasteiger partial charge < -0.3 is 10.0 Å². The summed E-state index contributed by atoms with van der Waals surface area (Å²) in [5.41, 5.74) is 0.304. The van der Waals surface area contributed by atoms with E-state index in [0.29, 0.717) is 5.56 Å². The van der Waals surface area contributed by atoms with Crippen LogP contribution in [0.2, 0.25) is 0 Å². The highest BCUT2D eigenvalue weighted by molar-refractivity contribution is 7.89. The lowest BCUT2D eigenvalue weighted by molar-refractivity contribution is -0.137.